The van der Waals surface area contributed by atoms with Gasteiger partial charge in [-0.05, 0) is 141 Å². The minimum Gasteiger partial charge on any atom is -0.335 e. The van der Waals surface area contributed by atoms with E-state index in [2.05, 4.69) is 225 Å². The van der Waals surface area contributed by atoms with E-state index in [-0.39, 0.29) is 23.1 Å². The van der Waals surface area contributed by atoms with Crippen molar-refractivity contribution in [3.63, 3.8) is 0 Å². The van der Waals surface area contributed by atoms with Gasteiger partial charge >= 0.3 is 0 Å². The van der Waals surface area contributed by atoms with Crippen LogP contribution in [0.15, 0.2) is 176 Å². The Morgan fingerprint density at radius 1 is 0.532 bits per heavy atom. The molecule has 0 radical (unpaired) electrons. The van der Waals surface area contributed by atoms with Crippen LogP contribution in [0.25, 0.3) is 21.9 Å². The van der Waals surface area contributed by atoms with Crippen LogP contribution in [0.2, 0.25) is 0 Å². The van der Waals surface area contributed by atoms with Crippen molar-refractivity contribution in [2.24, 2.45) is 0 Å². The molecule has 12 rings (SSSR count). The van der Waals surface area contributed by atoms with Crippen LogP contribution in [0.3, 0.4) is 0 Å². The minimum absolute atomic E-state index is 0.0157. The van der Waals surface area contributed by atoms with Crippen molar-refractivity contribution in [3.05, 3.63) is 187 Å². The van der Waals surface area contributed by atoms with Crippen molar-refractivity contribution in [2.75, 3.05) is 14.7 Å². The van der Waals surface area contributed by atoms with Crippen LogP contribution in [-0.4, -0.2) is 12.3 Å². The van der Waals surface area contributed by atoms with Gasteiger partial charge in [0.15, 0.2) is 0 Å². The van der Waals surface area contributed by atoms with Gasteiger partial charge in [-0.15, -0.1) is 0 Å². The molecule has 0 amide bonds. The maximum atomic E-state index is 2.85. The number of hydrogen-bond donors (Lipinski definition) is 0. The molecule has 0 aromatic heterocycles. The Labute approximate surface area is 367 Å². The molecule has 62 heavy (non-hydrogen) atoms. The lowest BCUT2D eigenvalue weighted by atomic mass is 9.33. The summed E-state index contributed by atoms with van der Waals surface area (Å²) in [5, 5.41) is 2.51. The number of fused-ring (bicyclic) bond motifs is 8. The fourth-order valence-corrected chi connectivity index (χ4v) is 11.9. The Bertz CT molecular complexity index is 3080. The first kappa shape index (κ1) is 37.3. The molecule has 2 unspecified atom stereocenters. The van der Waals surface area contributed by atoms with Gasteiger partial charge in [0.2, 0.25) is 0 Å². The number of para-hydroxylation sites is 3. The molecule has 0 bridgehead atoms. The number of hydrogen-bond acceptors (Lipinski definition) is 3. The summed E-state index contributed by atoms with van der Waals surface area (Å²) in [6.07, 6.45) is 4.96. The third-order valence-corrected chi connectivity index (χ3v) is 15.3. The highest BCUT2D eigenvalue weighted by Gasteiger charge is 2.61. The Hall–Kier alpha value is -6.52. The zero-order chi connectivity index (χ0) is 42.0. The lowest BCUT2D eigenvalue weighted by molar-refractivity contribution is 0.195. The molecule has 8 aromatic carbocycles. The van der Waals surface area contributed by atoms with Gasteiger partial charge in [-0.1, -0.05) is 150 Å². The molecule has 3 heterocycles. The lowest BCUT2D eigenvalue weighted by Crippen LogP contribution is -2.64. The molecule has 0 saturated heterocycles. The summed E-state index contributed by atoms with van der Waals surface area (Å²) in [6, 6.07) is 66.2. The highest BCUT2D eigenvalue weighted by Crippen LogP contribution is 2.62. The minimum atomic E-state index is -0.0536. The number of benzene rings is 8. The Morgan fingerprint density at radius 3 is 2.02 bits per heavy atom. The fourth-order valence-electron chi connectivity index (χ4n) is 11.9. The fraction of sp³-hybridized carbons (Fsp3) is 0.207. The van der Waals surface area contributed by atoms with Crippen LogP contribution >= 0.6 is 0 Å². The smallest absolute Gasteiger partial charge is 0.252 e. The quantitative estimate of drug-likeness (QED) is 0.161. The summed E-state index contributed by atoms with van der Waals surface area (Å²) < 4.78 is 0. The predicted molar refractivity (Wildman–Crippen MR) is 265 cm³/mol. The van der Waals surface area contributed by atoms with E-state index >= 15 is 0 Å². The molecule has 4 aliphatic rings. The van der Waals surface area contributed by atoms with Crippen LogP contribution in [0.4, 0.5) is 45.5 Å². The zero-order valence-electron chi connectivity index (χ0n) is 36.5. The third-order valence-electron chi connectivity index (χ3n) is 15.3. The van der Waals surface area contributed by atoms with Gasteiger partial charge in [-0.3, -0.25) is 0 Å². The van der Waals surface area contributed by atoms with Crippen molar-refractivity contribution < 1.29 is 0 Å². The first-order chi connectivity index (χ1) is 30.1. The van der Waals surface area contributed by atoms with Gasteiger partial charge in [0, 0.05) is 50.9 Å². The van der Waals surface area contributed by atoms with Crippen LogP contribution in [0, 0.1) is 0 Å². The number of nitrogens with zero attached hydrogens (tertiary/aromatic N) is 3. The molecule has 3 aliphatic heterocycles. The van der Waals surface area contributed by atoms with Gasteiger partial charge in [-0.2, -0.15) is 0 Å². The SMILES string of the molecule is CC(C)(C)c1cc2c3c(c1)N1c4c(cccc4C4(C)CCCCC14C)B3c1ccc(N(c3ccccc3)c3cccc(-c4ccc5ccccc5c4)c3)cc1N2c1ccccc1. The number of rotatable bonds is 5. The molecule has 1 saturated carbocycles. The van der Waals surface area contributed by atoms with E-state index in [0.717, 1.165) is 17.1 Å². The van der Waals surface area contributed by atoms with Crippen molar-refractivity contribution >= 4 is 79.4 Å². The molecular formula is C58H52BN3. The average Bonchev–Trinajstić information content (AvgIpc) is 3.51. The molecule has 8 aromatic rings. The Balaban J connectivity index is 1.11. The van der Waals surface area contributed by atoms with Gasteiger partial charge < -0.3 is 14.7 Å². The summed E-state index contributed by atoms with van der Waals surface area (Å²) in [7, 11) is 0. The van der Waals surface area contributed by atoms with Crippen molar-refractivity contribution in [2.45, 2.75) is 76.7 Å². The van der Waals surface area contributed by atoms with Crippen molar-refractivity contribution in [3.8, 4) is 11.1 Å². The van der Waals surface area contributed by atoms with E-state index in [4.69, 9.17) is 0 Å². The summed E-state index contributed by atoms with van der Waals surface area (Å²) in [6.45, 7) is 12.4. The van der Waals surface area contributed by atoms with E-state index in [0.29, 0.717) is 0 Å². The second kappa shape index (κ2) is 13.5. The first-order valence-corrected chi connectivity index (χ1v) is 22.7. The molecule has 4 heteroatoms. The maximum absolute atomic E-state index is 2.85. The molecule has 3 nitrogen and oxygen atoms in total. The molecule has 1 aliphatic carbocycles. The Kier molecular flexibility index (Phi) is 8.11. The van der Waals surface area contributed by atoms with Gasteiger partial charge in [0.05, 0.1) is 5.54 Å². The van der Waals surface area contributed by atoms with Gasteiger partial charge in [-0.25, -0.2) is 0 Å². The second-order valence-electron chi connectivity index (χ2n) is 19.7. The lowest BCUT2D eigenvalue weighted by Gasteiger charge is -2.53. The maximum Gasteiger partial charge on any atom is 0.252 e. The van der Waals surface area contributed by atoms with E-state index < -0.39 is 0 Å². The molecule has 1 fully saturated rings. The zero-order valence-corrected chi connectivity index (χ0v) is 36.5. The monoisotopic (exact) mass is 801 g/mol. The highest BCUT2D eigenvalue weighted by atomic mass is 15.3. The van der Waals surface area contributed by atoms with Crippen LogP contribution in [-0.2, 0) is 10.8 Å². The van der Waals surface area contributed by atoms with E-state index in [1.54, 1.807) is 0 Å². The standard InChI is InChI=1S/C58H52BN3/c1-56(2,3)43-36-52-54-53(37-43)62-55-48(57(4)32-14-15-33-58(57,62)5)26-17-27-50(55)59(54)49-31-30-47(38-51(49)61(52)45-23-10-7-11-24-45)60(44-21-8-6-9-22-44)46-25-16-20-41(35-46)42-29-28-39-18-12-13-19-40(39)34-42/h6-13,16-31,34-38H,14-15,32-33H2,1-5H3. The number of anilines is 8. The first-order valence-electron chi connectivity index (χ1n) is 22.7. The van der Waals surface area contributed by atoms with Crippen molar-refractivity contribution in [1.29, 1.82) is 0 Å². The van der Waals surface area contributed by atoms with Crippen LogP contribution in [0.1, 0.15) is 71.4 Å². The third kappa shape index (κ3) is 5.32. The van der Waals surface area contributed by atoms with Crippen LogP contribution < -0.4 is 31.1 Å². The average molecular weight is 802 g/mol. The molecular weight excluding hydrogens is 749 g/mol. The topological polar surface area (TPSA) is 9.72 Å². The summed E-state index contributed by atoms with van der Waals surface area (Å²) in [4.78, 5) is 7.88. The Morgan fingerprint density at radius 2 is 1.21 bits per heavy atom. The normalized spacial score (nSPS) is 19.5. The van der Waals surface area contributed by atoms with Gasteiger partial charge in [0.1, 0.15) is 0 Å². The molecule has 0 N–H and O–H groups in total. The predicted octanol–water partition coefficient (Wildman–Crippen LogP) is 13.6. The summed E-state index contributed by atoms with van der Waals surface area (Å²) in [5.41, 5.74) is 19.5. The summed E-state index contributed by atoms with van der Waals surface area (Å²) in [5.74, 6) is 0. The second-order valence-corrected chi connectivity index (χ2v) is 19.7. The summed E-state index contributed by atoms with van der Waals surface area (Å²) >= 11 is 0. The molecule has 2 atom stereocenters. The van der Waals surface area contributed by atoms with Crippen molar-refractivity contribution in [1.82, 2.24) is 0 Å². The largest absolute Gasteiger partial charge is 0.335 e. The van der Waals surface area contributed by atoms with Gasteiger partial charge in [0.25, 0.3) is 6.71 Å². The van der Waals surface area contributed by atoms with Crippen LogP contribution in [0.5, 0.6) is 0 Å². The molecule has 0 spiro atoms. The van der Waals surface area contributed by atoms with E-state index in [1.807, 2.05) is 0 Å². The molecule has 302 valence electrons. The van der Waals surface area contributed by atoms with E-state index in [9.17, 15) is 0 Å². The highest BCUT2D eigenvalue weighted by molar-refractivity contribution is 7.00. The van der Waals surface area contributed by atoms with E-state index in [1.165, 1.54) is 104 Å².